The maximum atomic E-state index is 14.1. The molecule has 1 fully saturated rings. The van der Waals surface area contributed by atoms with Gasteiger partial charge in [-0.3, -0.25) is 32.9 Å². The van der Waals surface area contributed by atoms with E-state index in [-0.39, 0.29) is 75.7 Å². The second-order valence-electron chi connectivity index (χ2n) is 34.3. The van der Waals surface area contributed by atoms with Gasteiger partial charge in [0.15, 0.2) is 0 Å². The van der Waals surface area contributed by atoms with Crippen LogP contribution in [-0.4, -0.2) is 151 Å². The van der Waals surface area contributed by atoms with Gasteiger partial charge in [0.05, 0.1) is 37.8 Å². The zero-order chi connectivity index (χ0) is 90.6. The quantitative estimate of drug-likeness (QED) is 0.0225. The highest BCUT2D eigenvalue weighted by molar-refractivity contribution is 9.10. The number of nitrogens with zero attached hydrogens (tertiary/aromatic N) is 10. The lowest BCUT2D eigenvalue weighted by Crippen LogP contribution is -2.41. The van der Waals surface area contributed by atoms with Gasteiger partial charge in [-0.25, -0.2) is 34.7 Å². The number of aliphatic hydroxyl groups is 3. The largest absolute Gasteiger partial charge is 0.490 e. The number of anilines is 3. The number of aromatic nitrogens is 9. The number of pyridine rings is 3. The monoisotopic (exact) mass is 1770 g/mol. The average molecular weight is 1770 g/mol. The van der Waals surface area contributed by atoms with Crippen molar-refractivity contribution in [3.05, 3.63) is 212 Å². The molecule has 9 aromatic rings. The van der Waals surface area contributed by atoms with E-state index in [1.807, 2.05) is 80.5 Å². The Hall–Kier alpha value is -10.2. The van der Waals surface area contributed by atoms with Gasteiger partial charge in [-0.15, -0.1) is 0 Å². The van der Waals surface area contributed by atoms with E-state index in [2.05, 4.69) is 101 Å². The smallest absolute Gasteiger partial charge is 0.460 e. The van der Waals surface area contributed by atoms with Crippen LogP contribution in [0.25, 0.3) is 44.2 Å². The first-order valence-corrected chi connectivity index (χ1v) is 41.5. The second kappa shape index (κ2) is 38.1. The summed E-state index contributed by atoms with van der Waals surface area (Å²) in [6.07, 6.45) is 9.10. The molecular weight excluding hydrogens is 1660 g/mol. The number of halogens is 7. The molecule has 0 radical (unpaired) electrons. The zero-order valence-electron chi connectivity index (χ0n) is 72.9. The van der Waals surface area contributed by atoms with Gasteiger partial charge in [0.25, 0.3) is 34.4 Å². The molecule has 6 aromatic heterocycles. The maximum absolute atomic E-state index is 14.1. The molecule has 26 nitrogen and oxygen atoms in total. The third-order valence-electron chi connectivity index (χ3n) is 21.9. The number of rotatable bonds is 19. The fourth-order valence-electron chi connectivity index (χ4n) is 14.2. The maximum Gasteiger partial charge on any atom is 0.490 e. The number of esters is 1. The summed E-state index contributed by atoms with van der Waals surface area (Å²) in [5, 5.41) is 42.0. The van der Waals surface area contributed by atoms with Crippen LogP contribution >= 0.6 is 15.9 Å². The van der Waals surface area contributed by atoms with Crippen molar-refractivity contribution in [2.24, 2.45) is 27.1 Å². The Kier molecular flexibility index (Phi) is 29.4. The molecule has 660 valence electrons. The Morgan fingerprint density at radius 1 is 0.561 bits per heavy atom. The van der Waals surface area contributed by atoms with Crippen molar-refractivity contribution in [2.75, 3.05) is 62.0 Å². The Bertz CT molecular complexity index is 5710. The summed E-state index contributed by atoms with van der Waals surface area (Å²) >= 11 is 3.25. The molecule has 1 aliphatic carbocycles. The minimum atomic E-state index is -3.35. The SMILES string of the molecule is CC(C)(C)OC(=O)C1CC=C(B2OC(C)(C)C(C)(C)O2)CC1.Cc1nc(N[C@H](C)c2cccc(C(F)(F)CO)c2)c2cc(Br)c(=O)n(C)c2n1.Cc1nc(N[C@H](C)c2cccc(C(F)(F)CO)c2)c2cc(C3=CCN(C(=O)OC(C)(C)C)CC3)c(=O)n(C)c2n1.Cc1nc(N[C@H](C)c2cccc(C(F)(F)CO)c2)c2cc(C3=CCNCC3)c(=O)n(C)c2n1. The summed E-state index contributed by atoms with van der Waals surface area (Å²) < 4.78 is 112. The molecule has 123 heavy (non-hydrogen) atoms. The summed E-state index contributed by atoms with van der Waals surface area (Å²) in [6, 6.07) is 21.8. The number of hydrogen-bond acceptors (Lipinski definition) is 22. The lowest BCUT2D eigenvalue weighted by molar-refractivity contribution is -0.160. The van der Waals surface area contributed by atoms with Crippen LogP contribution in [0.2, 0.25) is 0 Å². The van der Waals surface area contributed by atoms with E-state index in [0.717, 1.165) is 42.4 Å². The number of benzene rings is 3. The molecule has 1 amide bonds. The Morgan fingerprint density at radius 3 is 1.30 bits per heavy atom. The molecule has 3 aliphatic heterocycles. The van der Waals surface area contributed by atoms with Crippen LogP contribution in [0.15, 0.2) is 134 Å². The molecule has 4 atom stereocenters. The number of nitrogens with one attached hydrogen (secondary N) is 4. The number of aryl methyl sites for hydroxylation is 6. The fraction of sp³-hybridized carbons (Fsp3) is 0.472. The van der Waals surface area contributed by atoms with Gasteiger partial charge < -0.3 is 60.3 Å². The van der Waals surface area contributed by atoms with Gasteiger partial charge >= 0.3 is 19.2 Å². The Balaban J connectivity index is 0.000000175. The average Bonchev–Trinajstić information content (AvgIpc) is 1.67. The molecule has 0 saturated carbocycles. The third-order valence-corrected chi connectivity index (χ3v) is 22.5. The number of aliphatic hydroxyl groups excluding tert-OH is 3. The van der Waals surface area contributed by atoms with Crippen molar-refractivity contribution in [1.82, 2.24) is 53.8 Å². The van der Waals surface area contributed by atoms with E-state index in [9.17, 15) is 50.3 Å². The topological polar surface area (TPSA) is 326 Å². The van der Waals surface area contributed by atoms with Crippen LogP contribution in [0.1, 0.15) is 202 Å². The highest BCUT2D eigenvalue weighted by Crippen LogP contribution is 2.42. The van der Waals surface area contributed by atoms with Gasteiger partial charge in [-0.05, 0) is 235 Å². The molecule has 1 unspecified atom stereocenters. The van der Waals surface area contributed by atoms with Gasteiger partial charge in [0, 0.05) is 86.7 Å². The van der Waals surface area contributed by atoms with Gasteiger partial charge in [-0.2, -0.15) is 26.3 Å². The summed E-state index contributed by atoms with van der Waals surface area (Å²) in [5.41, 5.74) is 4.24. The highest BCUT2D eigenvalue weighted by Gasteiger charge is 2.53. The third kappa shape index (κ3) is 22.7. The molecule has 4 aliphatic rings. The van der Waals surface area contributed by atoms with Crippen LogP contribution in [0.3, 0.4) is 0 Å². The van der Waals surface area contributed by atoms with Crippen LogP contribution < -0.4 is 37.9 Å². The minimum Gasteiger partial charge on any atom is -0.460 e. The van der Waals surface area contributed by atoms with E-state index in [0.29, 0.717) is 133 Å². The fourth-order valence-corrected chi connectivity index (χ4v) is 14.7. The van der Waals surface area contributed by atoms with Crippen molar-refractivity contribution >= 4 is 96.8 Å². The van der Waals surface area contributed by atoms with Crippen LogP contribution in [0, 0.1) is 26.7 Å². The summed E-state index contributed by atoms with van der Waals surface area (Å²) in [5.74, 6) is -7.26. The molecule has 9 heterocycles. The number of hydrogen-bond donors (Lipinski definition) is 7. The first kappa shape index (κ1) is 95.0. The number of fused-ring (bicyclic) bond motifs is 3. The molecule has 13 rings (SSSR count). The number of carbonyl (C=O) groups excluding carboxylic acids is 2. The molecule has 0 bridgehead atoms. The molecule has 1 saturated heterocycles. The van der Waals surface area contributed by atoms with Crippen molar-refractivity contribution in [3.8, 4) is 0 Å². The Labute approximate surface area is 719 Å². The summed E-state index contributed by atoms with van der Waals surface area (Å²) in [4.78, 5) is 91.6. The minimum absolute atomic E-state index is 0.0506. The predicted octanol–water partition coefficient (Wildman–Crippen LogP) is 15.5. The van der Waals surface area contributed by atoms with Gasteiger partial charge in [0.2, 0.25) is 0 Å². The van der Waals surface area contributed by atoms with Gasteiger partial charge in [0.1, 0.15) is 82.9 Å². The number of amides is 1. The molecule has 34 heteroatoms. The molecular formula is C89H110BBrF6N14O12. The molecule has 3 aromatic carbocycles. The number of carbonyl (C=O) groups is 2. The molecule has 0 spiro atoms. The van der Waals surface area contributed by atoms with Crippen molar-refractivity contribution in [2.45, 2.75) is 201 Å². The van der Waals surface area contributed by atoms with E-state index in [1.54, 1.807) is 83.2 Å². The van der Waals surface area contributed by atoms with Gasteiger partial charge in [-0.1, -0.05) is 72.8 Å². The number of allylic oxidation sites excluding steroid dienone is 2. The highest BCUT2D eigenvalue weighted by atomic mass is 79.9. The summed E-state index contributed by atoms with van der Waals surface area (Å²) in [7, 11) is 4.67. The van der Waals surface area contributed by atoms with Crippen LogP contribution in [0.5, 0.6) is 0 Å². The number of alkyl halides is 6. The standard InChI is InChI=1S/C29H35F2N5O4.C24H27F2N5O2.C19H19BrF2N4O2.C17H29BO4/c1-17(20-8-7-9-21(14-20)29(30,31)16-37)32-24-23-15-22(26(38)35(6)25(23)34-18(2)33-24)19-10-12-36(13-11-19)27(39)40-28(3,4)5;1-14(17-5-4-6-18(11-17)24(25,26)13-32)28-21-20-12-19(16-7-9-27-10-8-16)23(33)31(3)22(20)30-15(2)29-21;1-10(12-5-4-6-13(7-12)19(21,22)9-27)23-16-14-8-15(20)18(28)26(3)17(14)25-11(2)24-16;1-15(2,3)20-14(19)12-8-10-13(11-9-12)18-21-16(4,5)17(6,7)22-18/h7-10,14-15,17,37H,11-13,16H2,1-6H3,(H,32,33,34);4-7,11-12,14,27,32H,8-10,13H2,1-3H3,(H,28,29,30);4-8,10,27H,9H2,1-3H3,(H,23,24,25);10,12H,8-9,11H2,1-7H3/t17-;14-;10-;/m111./s1. The first-order chi connectivity index (χ1) is 57.5. The predicted molar refractivity (Wildman–Crippen MR) is 468 cm³/mol. The van der Waals surface area contributed by atoms with E-state index in [4.69, 9.17) is 34.1 Å². The summed E-state index contributed by atoms with van der Waals surface area (Å²) in [6.45, 7) is 28.4. The van der Waals surface area contributed by atoms with E-state index in [1.165, 1.54) is 62.2 Å². The van der Waals surface area contributed by atoms with Crippen LogP contribution in [0.4, 0.5) is 48.6 Å². The zero-order valence-corrected chi connectivity index (χ0v) is 74.5. The second-order valence-corrected chi connectivity index (χ2v) is 35.1. The number of ether oxygens (including phenoxy) is 2. The van der Waals surface area contributed by atoms with Crippen molar-refractivity contribution in [1.29, 1.82) is 0 Å². The first-order valence-electron chi connectivity index (χ1n) is 40.7. The van der Waals surface area contributed by atoms with Crippen molar-refractivity contribution in [3.63, 3.8) is 0 Å². The van der Waals surface area contributed by atoms with E-state index < -0.39 is 60.9 Å². The lowest BCUT2D eigenvalue weighted by Gasteiger charge is -2.32. The van der Waals surface area contributed by atoms with Crippen LogP contribution in [-0.2, 0) is 62.5 Å². The van der Waals surface area contributed by atoms with Crippen molar-refractivity contribution < 1.29 is 70.0 Å². The lowest BCUT2D eigenvalue weighted by atomic mass is 9.70. The molecule has 7 N–H and O–H groups in total. The normalized spacial score (nSPS) is 16.9. The van der Waals surface area contributed by atoms with E-state index >= 15 is 0 Å². The Morgan fingerprint density at radius 2 is 0.951 bits per heavy atom.